The van der Waals surface area contributed by atoms with Crippen molar-refractivity contribution in [3.05, 3.63) is 65.0 Å². The summed E-state index contributed by atoms with van der Waals surface area (Å²) >= 11 is 0. The topological polar surface area (TPSA) is 80.3 Å². The second kappa shape index (κ2) is 6.88. The molecule has 0 bridgehead atoms. The number of rotatable bonds is 4. The Labute approximate surface area is 182 Å². The summed E-state index contributed by atoms with van der Waals surface area (Å²) < 4.78 is 21.7. The van der Waals surface area contributed by atoms with Crippen LogP contribution in [0.2, 0.25) is 0 Å². The van der Waals surface area contributed by atoms with Gasteiger partial charge in [0.1, 0.15) is 5.52 Å². The Kier molecular flexibility index (Phi) is 4.08. The Bertz CT molecular complexity index is 1350. The van der Waals surface area contributed by atoms with Gasteiger partial charge in [-0.3, -0.25) is 14.3 Å². The lowest BCUT2D eigenvalue weighted by Gasteiger charge is -2.25. The predicted octanol–water partition coefficient (Wildman–Crippen LogP) is 2.69. The molecule has 0 N–H and O–H groups in total. The Morgan fingerprint density at radius 1 is 1.16 bits per heavy atom. The van der Waals surface area contributed by atoms with Gasteiger partial charge in [-0.1, -0.05) is 12.1 Å². The Hall–Kier alpha value is -3.75. The molecule has 3 aromatic heterocycles. The molecular formula is C23H21FN6O2. The SMILES string of the molecule is CN(c1nc(-c2ccncc2F)cc(=O)n1C)C1[C@H]2CN(c3nc4ccccc4o3)C[C@@H]12. The standard InChI is InChI=1S/C23H21FN6O2/c1-28-20(31)9-18(13-7-8-25-10-16(13)24)26-22(28)29(2)21-14-11-30(12-15(14)21)23-27-17-5-3-4-6-19(17)32-23/h3-10,14-15,21H,11-12H2,1-2H3/t14-,15+,21?. The quantitative estimate of drug-likeness (QED) is 0.491. The molecule has 0 radical (unpaired) electrons. The molecule has 1 saturated carbocycles. The number of oxazole rings is 1. The van der Waals surface area contributed by atoms with Gasteiger partial charge in [-0.25, -0.2) is 9.37 Å². The number of anilines is 2. The highest BCUT2D eigenvalue weighted by molar-refractivity contribution is 5.74. The normalized spacial score (nSPS) is 21.7. The van der Waals surface area contributed by atoms with Crippen LogP contribution in [0.25, 0.3) is 22.4 Å². The lowest BCUT2D eigenvalue weighted by Crippen LogP contribution is -2.36. The number of para-hydroxylation sites is 2. The van der Waals surface area contributed by atoms with E-state index < -0.39 is 5.82 Å². The summed E-state index contributed by atoms with van der Waals surface area (Å²) in [5.41, 5.74) is 2.00. The van der Waals surface area contributed by atoms with Gasteiger partial charge in [-0.15, -0.1) is 0 Å². The molecule has 4 heterocycles. The Morgan fingerprint density at radius 3 is 2.69 bits per heavy atom. The van der Waals surface area contributed by atoms with Crippen LogP contribution in [0.3, 0.4) is 0 Å². The number of benzene rings is 1. The maximum absolute atomic E-state index is 14.2. The average Bonchev–Trinajstić information content (AvgIpc) is 3.13. The molecule has 0 amide bonds. The first kappa shape index (κ1) is 19.0. The van der Waals surface area contributed by atoms with Crippen LogP contribution < -0.4 is 15.4 Å². The van der Waals surface area contributed by atoms with E-state index in [0.29, 0.717) is 29.5 Å². The molecule has 3 atom stereocenters. The van der Waals surface area contributed by atoms with Crippen molar-refractivity contribution in [3.8, 4) is 11.3 Å². The van der Waals surface area contributed by atoms with Gasteiger partial charge in [0.2, 0.25) is 5.95 Å². The first-order valence-corrected chi connectivity index (χ1v) is 10.5. The summed E-state index contributed by atoms with van der Waals surface area (Å²) in [5, 5.41) is 0. The summed E-state index contributed by atoms with van der Waals surface area (Å²) in [4.78, 5) is 29.8. The van der Waals surface area contributed by atoms with E-state index >= 15 is 0 Å². The van der Waals surface area contributed by atoms with Crippen molar-refractivity contribution in [3.63, 3.8) is 0 Å². The van der Waals surface area contributed by atoms with Gasteiger partial charge in [-0.05, 0) is 18.2 Å². The maximum Gasteiger partial charge on any atom is 0.298 e. The molecule has 4 aromatic rings. The summed E-state index contributed by atoms with van der Waals surface area (Å²) in [6.07, 6.45) is 2.62. The smallest absolute Gasteiger partial charge is 0.298 e. The van der Waals surface area contributed by atoms with E-state index in [4.69, 9.17) is 4.42 Å². The Balaban J connectivity index is 1.24. The van der Waals surface area contributed by atoms with Crippen molar-refractivity contribution in [1.82, 2.24) is 19.5 Å². The number of hydrogen-bond acceptors (Lipinski definition) is 7. The van der Waals surface area contributed by atoms with Gasteiger partial charge >= 0.3 is 0 Å². The van der Waals surface area contributed by atoms with Crippen LogP contribution in [0.4, 0.5) is 16.4 Å². The van der Waals surface area contributed by atoms with Crippen LogP contribution >= 0.6 is 0 Å². The van der Waals surface area contributed by atoms with Crippen molar-refractivity contribution in [2.24, 2.45) is 18.9 Å². The lowest BCUT2D eigenvalue weighted by atomic mass is 10.2. The molecule has 6 rings (SSSR count). The molecule has 1 aliphatic heterocycles. The first-order valence-electron chi connectivity index (χ1n) is 10.5. The summed E-state index contributed by atoms with van der Waals surface area (Å²) in [7, 11) is 3.64. The Morgan fingerprint density at radius 2 is 1.94 bits per heavy atom. The minimum absolute atomic E-state index is 0.230. The number of fused-ring (bicyclic) bond motifs is 2. The van der Waals surface area contributed by atoms with Gasteiger partial charge in [0.25, 0.3) is 11.6 Å². The van der Waals surface area contributed by atoms with E-state index in [0.717, 1.165) is 30.4 Å². The number of hydrogen-bond donors (Lipinski definition) is 0. The molecular weight excluding hydrogens is 411 g/mol. The zero-order valence-electron chi connectivity index (χ0n) is 17.6. The number of halogens is 1. The highest BCUT2D eigenvalue weighted by atomic mass is 19.1. The lowest BCUT2D eigenvalue weighted by molar-refractivity contribution is 0.562. The molecule has 9 heteroatoms. The second-order valence-electron chi connectivity index (χ2n) is 8.49. The third-order valence-electron chi connectivity index (χ3n) is 6.62. The molecule has 1 unspecified atom stereocenters. The van der Waals surface area contributed by atoms with Crippen LogP contribution in [0, 0.1) is 17.7 Å². The molecule has 1 saturated heterocycles. The fraction of sp³-hybridized carbons (Fsp3) is 0.304. The van der Waals surface area contributed by atoms with Crippen LogP contribution in [0.5, 0.6) is 0 Å². The minimum atomic E-state index is -0.501. The number of aromatic nitrogens is 4. The molecule has 1 aliphatic carbocycles. The fourth-order valence-corrected chi connectivity index (χ4v) is 4.92. The zero-order chi connectivity index (χ0) is 22.0. The van der Waals surface area contributed by atoms with Gasteiger partial charge in [0.15, 0.2) is 11.4 Å². The summed E-state index contributed by atoms with van der Waals surface area (Å²) in [5.74, 6) is 0.872. The van der Waals surface area contributed by atoms with Crippen molar-refractivity contribution in [2.45, 2.75) is 6.04 Å². The zero-order valence-corrected chi connectivity index (χ0v) is 17.6. The second-order valence-corrected chi connectivity index (χ2v) is 8.49. The first-order chi connectivity index (χ1) is 15.5. The van der Waals surface area contributed by atoms with Crippen molar-refractivity contribution < 1.29 is 8.81 Å². The third-order valence-corrected chi connectivity index (χ3v) is 6.62. The van der Waals surface area contributed by atoms with Crippen molar-refractivity contribution in [2.75, 3.05) is 29.9 Å². The van der Waals surface area contributed by atoms with E-state index in [-0.39, 0.29) is 17.2 Å². The van der Waals surface area contributed by atoms with Crippen LogP contribution in [-0.2, 0) is 7.05 Å². The van der Waals surface area contributed by atoms with E-state index in [1.54, 1.807) is 7.05 Å². The van der Waals surface area contributed by atoms with E-state index in [1.807, 2.05) is 36.2 Å². The number of piperidine rings is 1. The monoisotopic (exact) mass is 432 g/mol. The van der Waals surface area contributed by atoms with Gasteiger partial charge in [0, 0.05) is 62.9 Å². The third kappa shape index (κ3) is 2.88. The largest absolute Gasteiger partial charge is 0.423 e. The van der Waals surface area contributed by atoms with Crippen LogP contribution in [-0.4, -0.2) is 45.7 Å². The highest BCUT2D eigenvalue weighted by Crippen LogP contribution is 2.50. The van der Waals surface area contributed by atoms with E-state index in [2.05, 4.69) is 19.9 Å². The van der Waals surface area contributed by atoms with Gasteiger partial charge in [0.05, 0.1) is 11.9 Å². The predicted molar refractivity (Wildman–Crippen MR) is 118 cm³/mol. The van der Waals surface area contributed by atoms with Crippen LogP contribution in [0.1, 0.15) is 0 Å². The number of nitrogens with zero attached hydrogens (tertiary/aromatic N) is 6. The molecule has 8 nitrogen and oxygen atoms in total. The number of pyridine rings is 1. The summed E-state index contributed by atoms with van der Waals surface area (Å²) in [6.45, 7) is 1.66. The molecule has 1 aromatic carbocycles. The minimum Gasteiger partial charge on any atom is -0.423 e. The van der Waals surface area contributed by atoms with Crippen molar-refractivity contribution >= 4 is 23.1 Å². The maximum atomic E-state index is 14.2. The molecule has 2 aliphatic rings. The van der Waals surface area contributed by atoms with E-state index in [9.17, 15) is 9.18 Å². The summed E-state index contributed by atoms with van der Waals surface area (Å²) in [6, 6.07) is 11.6. The molecule has 162 valence electrons. The molecule has 2 fully saturated rings. The fourth-order valence-electron chi connectivity index (χ4n) is 4.92. The van der Waals surface area contributed by atoms with Gasteiger partial charge < -0.3 is 14.2 Å². The van der Waals surface area contributed by atoms with E-state index in [1.165, 1.54) is 22.9 Å². The van der Waals surface area contributed by atoms with Crippen molar-refractivity contribution in [1.29, 1.82) is 0 Å². The van der Waals surface area contributed by atoms with Crippen LogP contribution in [0.15, 0.2) is 58.0 Å². The molecule has 32 heavy (non-hydrogen) atoms. The van der Waals surface area contributed by atoms with Gasteiger partial charge in [-0.2, -0.15) is 4.98 Å². The highest BCUT2D eigenvalue weighted by Gasteiger charge is 2.59. The average molecular weight is 432 g/mol. The molecule has 0 spiro atoms.